The molecule has 8 heteroatoms. The Labute approximate surface area is 160 Å². The Hall–Kier alpha value is -3.29. The van der Waals surface area contributed by atoms with Gasteiger partial charge in [0.2, 0.25) is 0 Å². The van der Waals surface area contributed by atoms with Crippen LogP contribution in [0.25, 0.3) is 0 Å². The second kappa shape index (κ2) is 8.60. The molecule has 1 aliphatic rings. The average Bonchev–Trinajstić information content (AvgIpc) is 2.72. The normalized spacial score (nSPS) is 14.5. The van der Waals surface area contributed by atoms with Crippen LogP contribution in [0.3, 0.4) is 0 Å². The summed E-state index contributed by atoms with van der Waals surface area (Å²) in [5.74, 6) is -1.39. The molecule has 28 heavy (non-hydrogen) atoms. The summed E-state index contributed by atoms with van der Waals surface area (Å²) in [7, 11) is 0. The monoisotopic (exact) mass is 386 g/mol. The van der Waals surface area contributed by atoms with E-state index in [2.05, 4.69) is 0 Å². The van der Waals surface area contributed by atoms with Crippen molar-refractivity contribution >= 4 is 17.6 Å². The van der Waals surface area contributed by atoms with E-state index >= 15 is 0 Å². The Bertz CT molecular complexity index is 876. The van der Waals surface area contributed by atoms with Crippen molar-refractivity contribution in [2.24, 2.45) is 5.92 Å². The molecule has 0 radical (unpaired) electrons. The minimum atomic E-state index is -0.511. The van der Waals surface area contributed by atoms with Gasteiger partial charge in [0.05, 0.1) is 16.4 Å². The molecule has 1 fully saturated rings. The molecule has 2 aromatic rings. The largest absolute Gasteiger partial charge is 0.460 e. The van der Waals surface area contributed by atoms with Gasteiger partial charge in [-0.3, -0.25) is 19.7 Å². The molecule has 0 saturated carbocycles. The Kier molecular flexibility index (Phi) is 5.98. The zero-order valence-corrected chi connectivity index (χ0v) is 15.0. The number of hydrogen-bond donors (Lipinski definition) is 0. The minimum absolute atomic E-state index is 0.0880. The van der Waals surface area contributed by atoms with Crippen LogP contribution in [0.1, 0.15) is 28.8 Å². The third-order valence-electron chi connectivity index (χ3n) is 4.76. The molecule has 0 N–H and O–H groups in total. The summed E-state index contributed by atoms with van der Waals surface area (Å²) in [6.45, 7) is 0.619. The van der Waals surface area contributed by atoms with Gasteiger partial charge < -0.3 is 9.64 Å². The third kappa shape index (κ3) is 4.51. The number of benzene rings is 2. The summed E-state index contributed by atoms with van der Waals surface area (Å²) >= 11 is 0. The summed E-state index contributed by atoms with van der Waals surface area (Å²) < 4.78 is 18.2. The lowest BCUT2D eigenvalue weighted by atomic mass is 9.96. The van der Waals surface area contributed by atoms with Gasteiger partial charge in [0.15, 0.2) is 0 Å². The maximum absolute atomic E-state index is 13.0. The van der Waals surface area contributed by atoms with Gasteiger partial charge in [0, 0.05) is 24.7 Å². The number of ether oxygens (including phenoxy) is 1. The van der Waals surface area contributed by atoms with Crippen molar-refractivity contribution in [2.75, 3.05) is 13.1 Å². The van der Waals surface area contributed by atoms with Gasteiger partial charge in [-0.05, 0) is 43.2 Å². The number of nitro benzene ring substituents is 1. The molecular weight excluding hydrogens is 367 g/mol. The Morgan fingerprint density at radius 3 is 2.39 bits per heavy atom. The summed E-state index contributed by atoms with van der Waals surface area (Å²) in [6, 6.07) is 11.5. The van der Waals surface area contributed by atoms with E-state index < -0.39 is 16.7 Å². The first-order valence-corrected chi connectivity index (χ1v) is 8.89. The third-order valence-corrected chi connectivity index (χ3v) is 4.76. The first-order valence-electron chi connectivity index (χ1n) is 8.89. The maximum atomic E-state index is 13.0. The number of hydrogen-bond acceptors (Lipinski definition) is 5. The van der Waals surface area contributed by atoms with Crippen molar-refractivity contribution in [3.63, 3.8) is 0 Å². The highest BCUT2D eigenvalue weighted by molar-refractivity contribution is 5.94. The van der Waals surface area contributed by atoms with Crippen LogP contribution in [0.4, 0.5) is 10.1 Å². The number of rotatable bonds is 5. The zero-order chi connectivity index (χ0) is 20.1. The number of halogens is 1. The van der Waals surface area contributed by atoms with Crippen LogP contribution in [0, 0.1) is 21.8 Å². The SMILES string of the molecule is O=C(OCc1ccccc1[N+](=O)[O-])C1CCN(C(=O)c2ccc(F)cc2)CC1. The summed E-state index contributed by atoms with van der Waals surface area (Å²) in [5, 5.41) is 11.0. The minimum Gasteiger partial charge on any atom is -0.460 e. The Morgan fingerprint density at radius 2 is 1.75 bits per heavy atom. The molecule has 1 saturated heterocycles. The van der Waals surface area contributed by atoms with E-state index in [1.165, 1.54) is 30.3 Å². The lowest BCUT2D eigenvalue weighted by Gasteiger charge is -2.31. The van der Waals surface area contributed by atoms with Crippen LogP contribution < -0.4 is 0 Å². The van der Waals surface area contributed by atoms with E-state index in [1.807, 2.05) is 0 Å². The van der Waals surface area contributed by atoms with Crippen molar-refractivity contribution in [2.45, 2.75) is 19.4 Å². The Balaban J connectivity index is 1.52. The summed E-state index contributed by atoms with van der Waals surface area (Å²) in [5.41, 5.74) is 0.651. The van der Waals surface area contributed by atoms with E-state index in [1.54, 1.807) is 23.1 Å². The predicted molar refractivity (Wildman–Crippen MR) is 97.9 cm³/mol. The molecule has 1 aliphatic heterocycles. The topological polar surface area (TPSA) is 89.8 Å². The van der Waals surface area contributed by atoms with Crippen molar-refractivity contribution in [1.82, 2.24) is 4.90 Å². The average molecular weight is 386 g/mol. The molecule has 1 amide bonds. The smallest absolute Gasteiger partial charge is 0.309 e. The molecular formula is C20H19FN2O5. The number of nitro groups is 1. The maximum Gasteiger partial charge on any atom is 0.309 e. The molecule has 0 spiro atoms. The van der Waals surface area contributed by atoms with E-state index in [0.717, 1.165) is 0 Å². The van der Waals surface area contributed by atoms with Crippen molar-refractivity contribution < 1.29 is 23.6 Å². The van der Waals surface area contributed by atoms with E-state index in [4.69, 9.17) is 4.74 Å². The lowest BCUT2D eigenvalue weighted by Crippen LogP contribution is -2.40. The van der Waals surface area contributed by atoms with Crippen LogP contribution in [-0.4, -0.2) is 34.8 Å². The quantitative estimate of drug-likeness (QED) is 0.447. The first-order chi connectivity index (χ1) is 13.5. The van der Waals surface area contributed by atoms with Crippen molar-refractivity contribution in [3.8, 4) is 0 Å². The van der Waals surface area contributed by atoms with Crippen LogP contribution in [0.2, 0.25) is 0 Å². The Morgan fingerprint density at radius 1 is 1.11 bits per heavy atom. The van der Waals surface area contributed by atoms with Crippen molar-refractivity contribution in [3.05, 3.63) is 75.6 Å². The second-order valence-electron chi connectivity index (χ2n) is 6.57. The van der Waals surface area contributed by atoms with Gasteiger partial charge in [-0.2, -0.15) is 0 Å². The van der Waals surface area contributed by atoms with E-state index in [9.17, 15) is 24.1 Å². The fraction of sp³-hybridized carbons (Fsp3) is 0.300. The molecule has 0 bridgehead atoms. The molecule has 7 nitrogen and oxygen atoms in total. The van der Waals surface area contributed by atoms with E-state index in [-0.39, 0.29) is 24.1 Å². The highest BCUT2D eigenvalue weighted by Crippen LogP contribution is 2.23. The molecule has 1 heterocycles. The summed E-state index contributed by atoms with van der Waals surface area (Å²) in [4.78, 5) is 36.8. The zero-order valence-electron chi connectivity index (χ0n) is 15.0. The van der Waals surface area contributed by atoms with Crippen molar-refractivity contribution in [1.29, 1.82) is 0 Å². The van der Waals surface area contributed by atoms with Gasteiger partial charge in [0.1, 0.15) is 12.4 Å². The number of piperidine rings is 1. The molecule has 3 rings (SSSR count). The van der Waals surface area contributed by atoms with Gasteiger partial charge in [-0.15, -0.1) is 0 Å². The van der Waals surface area contributed by atoms with E-state index in [0.29, 0.717) is 37.1 Å². The van der Waals surface area contributed by atoms with Gasteiger partial charge >= 0.3 is 5.97 Å². The number of nitrogens with zero attached hydrogens (tertiary/aromatic N) is 2. The highest BCUT2D eigenvalue weighted by Gasteiger charge is 2.29. The molecule has 0 unspecified atom stereocenters. The number of esters is 1. The fourth-order valence-electron chi connectivity index (χ4n) is 3.17. The highest BCUT2D eigenvalue weighted by atomic mass is 19.1. The van der Waals surface area contributed by atoms with Gasteiger partial charge in [-0.25, -0.2) is 4.39 Å². The number of amides is 1. The fourth-order valence-corrected chi connectivity index (χ4v) is 3.17. The number of para-hydroxylation sites is 1. The molecule has 0 aliphatic carbocycles. The lowest BCUT2D eigenvalue weighted by molar-refractivity contribution is -0.385. The van der Waals surface area contributed by atoms with Crippen LogP contribution in [0.5, 0.6) is 0 Å². The van der Waals surface area contributed by atoms with Crippen LogP contribution in [0.15, 0.2) is 48.5 Å². The van der Waals surface area contributed by atoms with Gasteiger partial charge in [-0.1, -0.05) is 12.1 Å². The first kappa shape index (κ1) is 19.5. The number of carbonyl (C=O) groups is 2. The standard InChI is InChI=1S/C20H19FN2O5/c21-17-7-5-14(6-8-17)19(24)22-11-9-15(10-12-22)20(25)28-13-16-3-1-2-4-18(16)23(26)27/h1-8,15H,9-13H2. The molecule has 146 valence electrons. The van der Waals surface area contributed by atoms with Crippen LogP contribution >= 0.6 is 0 Å². The molecule has 0 atom stereocenters. The number of carbonyl (C=O) groups excluding carboxylic acids is 2. The van der Waals surface area contributed by atoms with Gasteiger partial charge in [0.25, 0.3) is 11.6 Å². The number of likely N-dealkylation sites (tertiary alicyclic amines) is 1. The summed E-state index contributed by atoms with van der Waals surface area (Å²) in [6.07, 6.45) is 0.894. The molecule has 2 aromatic carbocycles. The molecule has 0 aromatic heterocycles. The second-order valence-corrected chi connectivity index (χ2v) is 6.57. The predicted octanol–water partition coefficient (Wildman–Crippen LogP) is 3.33. The van der Waals surface area contributed by atoms with Crippen LogP contribution in [-0.2, 0) is 16.1 Å².